The van der Waals surface area contributed by atoms with Gasteiger partial charge in [-0.25, -0.2) is 18.4 Å². The number of nitrogens with zero attached hydrogens (tertiary/aromatic N) is 3. The molecule has 9 heteroatoms. The van der Waals surface area contributed by atoms with Crippen molar-refractivity contribution in [2.24, 2.45) is 0 Å². The molecule has 2 fully saturated rings. The Labute approximate surface area is 174 Å². The average Bonchev–Trinajstić information content (AvgIpc) is 3.41. The number of hydrogen-bond acceptors (Lipinski definition) is 6. The van der Waals surface area contributed by atoms with Gasteiger partial charge in [-0.05, 0) is 31.0 Å². The number of para-hydroxylation sites is 1. The molecule has 29 heavy (non-hydrogen) atoms. The van der Waals surface area contributed by atoms with Gasteiger partial charge in [-0.3, -0.25) is 4.90 Å². The van der Waals surface area contributed by atoms with Crippen LogP contribution in [-0.2, 0) is 14.8 Å². The molecule has 2 saturated heterocycles. The average molecular weight is 432 g/mol. The smallest absolute Gasteiger partial charge is 0.274 e. The number of pyridine rings is 1. The van der Waals surface area contributed by atoms with Crippen LogP contribution in [0.5, 0.6) is 0 Å². The van der Waals surface area contributed by atoms with Crippen LogP contribution in [0.15, 0.2) is 47.5 Å². The summed E-state index contributed by atoms with van der Waals surface area (Å²) in [6, 6.07) is 12.0. The fraction of sp³-hybridized carbons (Fsp3) is 0.400. The maximum atomic E-state index is 12.8. The van der Waals surface area contributed by atoms with Gasteiger partial charge in [0.15, 0.2) is 0 Å². The fourth-order valence-corrected chi connectivity index (χ4v) is 6.51. The van der Waals surface area contributed by atoms with Crippen molar-refractivity contribution in [3.8, 4) is 0 Å². The maximum Gasteiger partial charge on any atom is 0.274 e. The Hall–Kier alpha value is -2.07. The van der Waals surface area contributed by atoms with Crippen LogP contribution in [-0.4, -0.2) is 50.6 Å². The summed E-state index contributed by atoms with van der Waals surface area (Å²) in [6.45, 7) is 2.61. The minimum atomic E-state index is -3.49. The standard InChI is InChI=1S/C20H22N4O3S2/c25-29(26,23-10-12-27-13-11-23)15-7-8-19(21-14-15)24-9-3-5-17(24)20-22-16-4-1-2-6-18(16)28-20/h1-2,4,6-8,14,17H,3,5,9-13H2/p+1/t17-/m1/s1. The Balaban J connectivity index is 1.40. The molecule has 1 aromatic carbocycles. The number of morpholine rings is 1. The van der Waals surface area contributed by atoms with Crippen molar-refractivity contribution in [3.63, 3.8) is 0 Å². The van der Waals surface area contributed by atoms with Crippen LogP contribution in [0.1, 0.15) is 23.9 Å². The lowest BCUT2D eigenvalue weighted by Gasteiger charge is -2.25. The lowest BCUT2D eigenvalue weighted by molar-refractivity contribution is -0.367. The van der Waals surface area contributed by atoms with Crippen LogP contribution in [0.2, 0.25) is 0 Å². The van der Waals surface area contributed by atoms with Gasteiger partial charge in [-0.1, -0.05) is 12.1 Å². The highest BCUT2D eigenvalue weighted by atomic mass is 32.2. The molecule has 152 valence electrons. The second kappa shape index (κ2) is 7.64. The van der Waals surface area contributed by atoms with Gasteiger partial charge < -0.3 is 4.74 Å². The highest BCUT2D eigenvalue weighted by molar-refractivity contribution is 7.89. The van der Waals surface area contributed by atoms with Gasteiger partial charge in [-0.2, -0.15) is 4.31 Å². The van der Waals surface area contributed by atoms with E-state index in [9.17, 15) is 8.42 Å². The quantitative estimate of drug-likeness (QED) is 0.634. The molecule has 1 N–H and O–H groups in total. The molecular formula is C20H23N4O3S2+. The summed E-state index contributed by atoms with van der Waals surface area (Å²) in [7, 11) is -3.49. The number of thiazole rings is 1. The molecule has 0 spiro atoms. The van der Waals surface area contributed by atoms with E-state index in [0.29, 0.717) is 31.2 Å². The van der Waals surface area contributed by atoms with Crippen LogP contribution in [0.25, 0.3) is 10.2 Å². The summed E-state index contributed by atoms with van der Waals surface area (Å²) >= 11 is 1.74. The number of sulfonamides is 1. The molecule has 7 nitrogen and oxygen atoms in total. The molecule has 2 aromatic heterocycles. The molecule has 2 aliphatic heterocycles. The number of benzene rings is 1. The summed E-state index contributed by atoms with van der Waals surface area (Å²) in [5.41, 5.74) is 1.04. The highest BCUT2D eigenvalue weighted by Gasteiger charge is 2.36. The third kappa shape index (κ3) is 3.52. The first-order chi connectivity index (χ1) is 14.1. The lowest BCUT2D eigenvalue weighted by atomic mass is 10.2. The Bertz CT molecular complexity index is 1080. The topological polar surface area (TPSA) is 76.9 Å². The molecule has 0 bridgehead atoms. The van der Waals surface area contributed by atoms with Crippen LogP contribution in [0.4, 0.5) is 5.82 Å². The van der Waals surface area contributed by atoms with E-state index in [2.05, 4.69) is 16.0 Å². The first kappa shape index (κ1) is 18.9. The van der Waals surface area contributed by atoms with Gasteiger partial charge in [0.25, 0.3) is 5.82 Å². The van der Waals surface area contributed by atoms with Crippen LogP contribution < -0.4 is 9.88 Å². The highest BCUT2D eigenvalue weighted by Crippen LogP contribution is 2.38. The van der Waals surface area contributed by atoms with E-state index in [1.54, 1.807) is 23.6 Å². The van der Waals surface area contributed by atoms with Gasteiger partial charge in [-0.15, -0.1) is 11.3 Å². The van der Waals surface area contributed by atoms with E-state index in [4.69, 9.17) is 9.72 Å². The number of rotatable bonds is 4. The SMILES string of the molecule is O=S(=O)(c1ccc(N2CCC[C@@H]2c2nc3ccccc3s2)[nH+]c1)N1CCOCC1. The Morgan fingerprint density at radius 2 is 1.93 bits per heavy atom. The van der Waals surface area contributed by atoms with Crippen molar-refractivity contribution in [1.29, 1.82) is 0 Å². The molecular weight excluding hydrogens is 408 g/mol. The summed E-state index contributed by atoms with van der Waals surface area (Å²) in [5, 5.41) is 1.11. The molecule has 0 amide bonds. The predicted octanol–water partition coefficient (Wildman–Crippen LogP) is 2.47. The zero-order valence-corrected chi connectivity index (χ0v) is 17.6. The van der Waals surface area contributed by atoms with E-state index in [1.807, 2.05) is 24.3 Å². The monoisotopic (exact) mass is 431 g/mol. The van der Waals surface area contributed by atoms with Gasteiger partial charge in [0, 0.05) is 19.2 Å². The second-order valence-corrected chi connectivity index (χ2v) is 10.3. The molecule has 5 rings (SSSR count). The van der Waals surface area contributed by atoms with E-state index < -0.39 is 10.0 Å². The summed E-state index contributed by atoms with van der Waals surface area (Å²) < 4.78 is 33.6. The molecule has 0 unspecified atom stereocenters. The summed E-state index contributed by atoms with van der Waals surface area (Å²) in [6.07, 6.45) is 3.73. The normalized spacial score (nSPS) is 21.1. The van der Waals surface area contributed by atoms with E-state index in [0.717, 1.165) is 35.7 Å². The summed E-state index contributed by atoms with van der Waals surface area (Å²) in [4.78, 5) is 10.6. The Kier molecular flexibility index (Phi) is 4.99. The van der Waals surface area contributed by atoms with Gasteiger partial charge in [0.1, 0.15) is 22.1 Å². The number of fused-ring (bicyclic) bond motifs is 1. The third-order valence-electron chi connectivity index (χ3n) is 5.53. The van der Waals surface area contributed by atoms with Gasteiger partial charge in [0.2, 0.25) is 10.0 Å². The third-order valence-corrected chi connectivity index (χ3v) is 8.57. The van der Waals surface area contributed by atoms with Crippen LogP contribution >= 0.6 is 11.3 Å². The van der Waals surface area contributed by atoms with Crippen LogP contribution in [0.3, 0.4) is 0 Å². The number of aromatic amines is 1. The second-order valence-electron chi connectivity index (χ2n) is 7.30. The Morgan fingerprint density at radius 3 is 2.69 bits per heavy atom. The van der Waals surface area contributed by atoms with E-state index >= 15 is 0 Å². The van der Waals surface area contributed by atoms with Crippen molar-refractivity contribution in [2.75, 3.05) is 37.7 Å². The number of nitrogens with one attached hydrogen (secondary N) is 1. The fourth-order valence-electron chi connectivity index (χ4n) is 4.02. The zero-order valence-electron chi connectivity index (χ0n) is 16.0. The number of hydrogen-bond donors (Lipinski definition) is 0. The molecule has 3 aromatic rings. The minimum Gasteiger partial charge on any atom is -0.379 e. The first-order valence-electron chi connectivity index (χ1n) is 9.85. The largest absolute Gasteiger partial charge is 0.379 e. The number of H-pyrrole nitrogens is 1. The molecule has 0 saturated carbocycles. The van der Waals surface area contributed by atoms with Crippen molar-refractivity contribution in [3.05, 3.63) is 47.6 Å². The number of anilines is 1. The summed E-state index contributed by atoms with van der Waals surface area (Å²) in [5.74, 6) is 0.924. The van der Waals surface area contributed by atoms with Crippen molar-refractivity contribution < 1.29 is 18.1 Å². The molecule has 1 atom stereocenters. The Morgan fingerprint density at radius 1 is 1.10 bits per heavy atom. The van der Waals surface area contributed by atoms with E-state index in [1.165, 1.54) is 9.01 Å². The molecule has 2 aliphatic rings. The minimum absolute atomic E-state index is 0.213. The zero-order chi connectivity index (χ0) is 19.8. The lowest BCUT2D eigenvalue weighted by Crippen LogP contribution is -2.41. The maximum absolute atomic E-state index is 12.8. The number of ether oxygens (including phenoxy) is 1. The first-order valence-corrected chi connectivity index (χ1v) is 12.1. The molecule has 0 aliphatic carbocycles. The number of aromatic nitrogens is 2. The van der Waals surface area contributed by atoms with Gasteiger partial charge >= 0.3 is 0 Å². The molecule has 4 heterocycles. The van der Waals surface area contributed by atoms with E-state index in [-0.39, 0.29) is 6.04 Å². The van der Waals surface area contributed by atoms with Crippen LogP contribution in [0, 0.1) is 0 Å². The van der Waals surface area contributed by atoms with Crippen molar-refractivity contribution >= 4 is 37.4 Å². The van der Waals surface area contributed by atoms with Crippen molar-refractivity contribution in [2.45, 2.75) is 23.8 Å². The molecule has 0 radical (unpaired) electrons. The predicted molar refractivity (Wildman–Crippen MR) is 112 cm³/mol. The van der Waals surface area contributed by atoms with Crippen molar-refractivity contribution in [1.82, 2.24) is 9.29 Å². The van der Waals surface area contributed by atoms with Gasteiger partial charge in [0.05, 0.1) is 30.0 Å².